The Morgan fingerprint density at radius 2 is 1.63 bits per heavy atom. The van der Waals surface area contributed by atoms with Gasteiger partial charge >= 0.3 is 5.97 Å². The van der Waals surface area contributed by atoms with Crippen molar-refractivity contribution < 1.29 is 32.5 Å². The minimum atomic E-state index is -3.79. The Morgan fingerprint density at radius 1 is 0.982 bits per heavy atom. The van der Waals surface area contributed by atoms with Crippen molar-refractivity contribution in [2.24, 2.45) is 56.7 Å². The summed E-state index contributed by atoms with van der Waals surface area (Å²) < 4.78 is 50.0. The third-order valence-corrected chi connectivity index (χ3v) is 19.0. The van der Waals surface area contributed by atoms with Gasteiger partial charge in [-0.15, -0.1) is 0 Å². The topological polar surface area (TPSA) is 111 Å². The Labute approximate surface area is 347 Å². The number of carbonyl (C=O) groups excluding carboxylic acids is 1. The fourth-order valence-corrected chi connectivity index (χ4v) is 14.5. The van der Waals surface area contributed by atoms with Crippen LogP contribution in [0.25, 0.3) is 0 Å². The van der Waals surface area contributed by atoms with Crippen molar-refractivity contribution in [3.05, 3.63) is 41.5 Å². The van der Waals surface area contributed by atoms with Crippen LogP contribution in [0.2, 0.25) is 0 Å². The number of aliphatic hydroxyl groups excluding tert-OH is 1. The predicted molar refractivity (Wildman–Crippen MR) is 229 cm³/mol. The van der Waals surface area contributed by atoms with Gasteiger partial charge in [-0.3, -0.25) is 4.79 Å². The summed E-state index contributed by atoms with van der Waals surface area (Å²) in [6.07, 6.45) is 10.1. The molecule has 0 aliphatic heterocycles. The minimum Gasteiger partial charge on any atom is -0.465 e. The second kappa shape index (κ2) is 16.9. The highest BCUT2D eigenvalue weighted by Gasteiger charge is 2.70. The molecule has 10 atom stereocenters. The molecule has 3 fully saturated rings. The summed E-state index contributed by atoms with van der Waals surface area (Å²) in [5.74, 6) is 0.877. The molecular formula is C48H79NO7S. The van der Waals surface area contributed by atoms with E-state index in [1.54, 1.807) is 19.2 Å². The molecule has 1 aromatic rings. The Hall–Kier alpha value is -1.78. The number of hydrogen-bond donors (Lipinski definition) is 2. The van der Waals surface area contributed by atoms with E-state index in [0.29, 0.717) is 37.7 Å². The number of methoxy groups -OCH3 is 1. The van der Waals surface area contributed by atoms with Crippen LogP contribution in [0.5, 0.6) is 0 Å². The molecule has 3 saturated carbocycles. The molecule has 4 aliphatic carbocycles. The number of nitrogens with one attached hydrogen (secondary N) is 1. The van der Waals surface area contributed by atoms with Gasteiger partial charge in [0.15, 0.2) is 0 Å². The smallest absolute Gasteiger partial charge is 0.310 e. The summed E-state index contributed by atoms with van der Waals surface area (Å²) in [7, 11) is -2.04. The zero-order valence-electron chi connectivity index (χ0n) is 37.9. The molecule has 8 nitrogen and oxygen atoms in total. The van der Waals surface area contributed by atoms with Gasteiger partial charge in [0, 0.05) is 12.5 Å². The lowest BCUT2D eigenvalue weighted by molar-refractivity contribution is -0.224. The van der Waals surface area contributed by atoms with Crippen molar-refractivity contribution >= 4 is 16.0 Å². The highest BCUT2D eigenvalue weighted by atomic mass is 32.2. The Bertz CT molecular complexity index is 1700. The molecule has 0 saturated heterocycles. The van der Waals surface area contributed by atoms with E-state index in [4.69, 9.17) is 14.2 Å². The second-order valence-electron chi connectivity index (χ2n) is 20.6. The van der Waals surface area contributed by atoms with Crippen molar-refractivity contribution in [2.75, 3.05) is 26.9 Å². The first kappa shape index (κ1) is 46.3. The molecule has 4 aliphatic rings. The maximum Gasteiger partial charge on any atom is 0.310 e. The molecule has 324 valence electrons. The second-order valence-corrected chi connectivity index (χ2v) is 22.3. The third kappa shape index (κ3) is 7.74. The highest BCUT2D eigenvalue weighted by molar-refractivity contribution is 7.89. The summed E-state index contributed by atoms with van der Waals surface area (Å²) in [6.45, 7) is 27.5. The Balaban J connectivity index is 1.49. The number of sulfonamides is 1. The minimum absolute atomic E-state index is 0.0242. The number of esters is 1. The van der Waals surface area contributed by atoms with Crippen LogP contribution >= 0.6 is 0 Å². The number of aliphatic hydroxyl groups is 1. The number of benzene rings is 1. The molecule has 5 rings (SSSR count). The van der Waals surface area contributed by atoms with Gasteiger partial charge in [0.1, 0.15) is 0 Å². The van der Waals surface area contributed by atoms with Gasteiger partial charge in [-0.25, -0.2) is 13.1 Å². The quantitative estimate of drug-likeness (QED) is 0.0971. The Kier molecular flexibility index (Phi) is 13.8. The molecule has 2 N–H and O–H groups in total. The lowest BCUT2D eigenvalue weighted by atomic mass is 9.34. The van der Waals surface area contributed by atoms with Crippen LogP contribution < -0.4 is 4.72 Å². The lowest BCUT2D eigenvalue weighted by Crippen LogP contribution is -2.67. The van der Waals surface area contributed by atoms with Gasteiger partial charge in [0.05, 0.1) is 48.4 Å². The van der Waals surface area contributed by atoms with Gasteiger partial charge in [-0.05, 0) is 122 Å². The standard InChI is InChI=1S/C48H79NO7S/c1-14-17-28-55-42(51)40-44(10,34(7)32(4)5)26-27-45(11)36-22-23-39-43(8,9)41(38(54-13)29-48(39,30-50)37(36)24-25-46(40,45)12)56-31-47(15-2,16-3)49-57(52,53)35-20-18-33(6)19-21-35/h18-21,24,32,34,36,38-41,49-50H,14-17,22-23,25-31H2,1-13H3/t34-,36+,38-,39+,40-,41+,44-,45-,46+,48+/m1/s1. The zero-order chi connectivity index (χ0) is 42.4. The number of ether oxygens (including phenoxy) is 3. The van der Waals surface area contributed by atoms with E-state index in [2.05, 4.69) is 73.1 Å². The van der Waals surface area contributed by atoms with Gasteiger partial charge in [0.25, 0.3) is 0 Å². The average molecular weight is 814 g/mol. The maximum atomic E-state index is 14.5. The highest BCUT2D eigenvalue weighted by Crippen LogP contribution is 2.74. The molecule has 0 unspecified atom stereocenters. The van der Waals surface area contributed by atoms with E-state index >= 15 is 0 Å². The molecule has 9 heteroatoms. The van der Waals surface area contributed by atoms with E-state index in [0.717, 1.165) is 50.5 Å². The number of carbonyl (C=O) groups is 1. The largest absolute Gasteiger partial charge is 0.465 e. The normalized spacial score (nSPS) is 35.8. The number of allylic oxidation sites excluding steroid dienone is 1. The third-order valence-electron chi connectivity index (χ3n) is 17.4. The summed E-state index contributed by atoms with van der Waals surface area (Å²) in [6, 6.07) is 6.96. The van der Waals surface area contributed by atoms with E-state index in [1.807, 2.05) is 32.9 Å². The van der Waals surface area contributed by atoms with Crippen molar-refractivity contribution in [1.29, 1.82) is 0 Å². The van der Waals surface area contributed by atoms with Gasteiger partial charge in [-0.2, -0.15) is 0 Å². The molecule has 0 aromatic heterocycles. The number of aryl methyl sites for hydroxylation is 1. The van der Waals surface area contributed by atoms with Crippen molar-refractivity contribution in [3.63, 3.8) is 0 Å². The molecule has 57 heavy (non-hydrogen) atoms. The van der Waals surface area contributed by atoms with E-state index < -0.39 is 26.4 Å². The van der Waals surface area contributed by atoms with Crippen LogP contribution in [-0.4, -0.2) is 64.2 Å². The SMILES string of the molecule is CCCCOC(=O)[C@@H]1[C@@](C)([C@H](C)C(C)C)CC[C@]2(C)[C@H]3CC[C@H]4C(C)(C)[C@@H](OCC(CC)(CC)NS(=O)(=O)c5ccc(C)cc5)[C@H](OC)C[C@]4(CO)C3=CC[C@@]12C. The van der Waals surface area contributed by atoms with Crippen LogP contribution in [0.3, 0.4) is 0 Å². The van der Waals surface area contributed by atoms with Crippen LogP contribution in [0.1, 0.15) is 146 Å². The summed E-state index contributed by atoms with van der Waals surface area (Å²) >= 11 is 0. The zero-order valence-corrected chi connectivity index (χ0v) is 38.7. The number of fused-ring (bicyclic) bond motifs is 5. The number of hydrogen-bond acceptors (Lipinski definition) is 7. The van der Waals surface area contributed by atoms with Gasteiger partial charge in [0.2, 0.25) is 10.0 Å². The summed E-state index contributed by atoms with van der Waals surface area (Å²) in [4.78, 5) is 14.8. The van der Waals surface area contributed by atoms with E-state index in [1.165, 1.54) is 5.57 Å². The van der Waals surface area contributed by atoms with Crippen molar-refractivity contribution in [1.82, 2.24) is 4.72 Å². The van der Waals surface area contributed by atoms with E-state index in [-0.39, 0.29) is 70.3 Å². The summed E-state index contributed by atoms with van der Waals surface area (Å²) in [5, 5.41) is 11.8. The van der Waals surface area contributed by atoms with Crippen molar-refractivity contribution in [3.8, 4) is 0 Å². The van der Waals surface area contributed by atoms with Gasteiger partial charge < -0.3 is 19.3 Å². The van der Waals surface area contributed by atoms with Crippen molar-refractivity contribution in [2.45, 2.75) is 170 Å². The first-order chi connectivity index (χ1) is 26.6. The van der Waals surface area contributed by atoms with E-state index in [9.17, 15) is 18.3 Å². The van der Waals surface area contributed by atoms with Gasteiger partial charge in [-0.1, -0.05) is 112 Å². The molecule has 0 spiro atoms. The fourth-order valence-electron chi connectivity index (χ4n) is 13.0. The number of rotatable bonds is 16. The maximum absolute atomic E-state index is 14.5. The first-order valence-corrected chi connectivity index (χ1v) is 23.8. The van der Waals surface area contributed by atoms with Crippen LogP contribution in [0.4, 0.5) is 0 Å². The lowest BCUT2D eigenvalue weighted by Gasteiger charge is -2.70. The molecule has 0 amide bonds. The predicted octanol–water partition coefficient (Wildman–Crippen LogP) is 10.1. The Morgan fingerprint density at radius 3 is 2.19 bits per heavy atom. The molecule has 0 heterocycles. The molecule has 1 aromatic carbocycles. The monoisotopic (exact) mass is 814 g/mol. The molecular weight excluding hydrogens is 735 g/mol. The van der Waals surface area contributed by atoms with Crippen LogP contribution in [-0.2, 0) is 29.0 Å². The number of unbranched alkanes of at least 4 members (excludes halogenated alkanes) is 1. The first-order valence-electron chi connectivity index (χ1n) is 22.4. The fraction of sp³-hybridized carbons (Fsp3) is 0.812. The average Bonchev–Trinajstić information content (AvgIpc) is 3.16. The summed E-state index contributed by atoms with van der Waals surface area (Å²) in [5.41, 5.74) is -0.00558. The van der Waals surface area contributed by atoms with Crippen LogP contribution in [0, 0.1) is 63.6 Å². The molecule has 0 radical (unpaired) electrons. The molecule has 0 bridgehead atoms. The van der Waals surface area contributed by atoms with Crippen LogP contribution in [0.15, 0.2) is 40.8 Å².